The number of benzene rings is 2. The zero-order valence-corrected chi connectivity index (χ0v) is 22.8. The van der Waals surface area contributed by atoms with E-state index in [4.69, 9.17) is 16.6 Å². The summed E-state index contributed by atoms with van der Waals surface area (Å²) in [5.41, 5.74) is 3.87. The molecule has 1 aliphatic rings. The number of H-pyrrole nitrogens is 1. The highest BCUT2D eigenvalue weighted by atomic mass is 35.5. The summed E-state index contributed by atoms with van der Waals surface area (Å²) in [5, 5.41) is 11.2. The number of aromatic nitrogens is 4. The van der Waals surface area contributed by atoms with Crippen molar-refractivity contribution in [1.82, 2.24) is 25.1 Å². The predicted molar refractivity (Wildman–Crippen MR) is 154 cm³/mol. The smallest absolute Gasteiger partial charge is 0.229 e. The summed E-state index contributed by atoms with van der Waals surface area (Å²) in [6.07, 6.45) is 7.02. The van der Waals surface area contributed by atoms with Gasteiger partial charge in [0, 0.05) is 37.3 Å². The fourth-order valence-corrected chi connectivity index (χ4v) is 4.95. The Bertz CT molecular complexity index is 1510. The molecule has 2 aromatic carbocycles. The van der Waals surface area contributed by atoms with Gasteiger partial charge in [-0.05, 0) is 69.3 Å². The van der Waals surface area contributed by atoms with Crippen molar-refractivity contribution in [2.75, 3.05) is 43.9 Å². The van der Waals surface area contributed by atoms with Crippen LogP contribution in [0.3, 0.4) is 0 Å². The van der Waals surface area contributed by atoms with E-state index in [-0.39, 0.29) is 18.0 Å². The summed E-state index contributed by atoms with van der Waals surface area (Å²) in [7, 11) is 3.91. The number of fused-ring (bicyclic) bond motifs is 1. The van der Waals surface area contributed by atoms with Gasteiger partial charge in [-0.1, -0.05) is 35.9 Å². The topological polar surface area (TPSA) is 90.0 Å². The first-order valence-electron chi connectivity index (χ1n) is 13.0. The van der Waals surface area contributed by atoms with Gasteiger partial charge in [0.1, 0.15) is 11.0 Å². The Kier molecular flexibility index (Phi) is 8.18. The lowest BCUT2D eigenvalue weighted by Gasteiger charge is -2.29. The van der Waals surface area contributed by atoms with E-state index in [0.29, 0.717) is 45.7 Å². The van der Waals surface area contributed by atoms with Crippen LogP contribution in [0.15, 0.2) is 54.6 Å². The number of hydrogen-bond donors (Lipinski definition) is 2. The van der Waals surface area contributed by atoms with Gasteiger partial charge in [-0.2, -0.15) is 10.1 Å². The number of likely N-dealkylation sites (N-methyl/N-ethyl adjacent to an activating group) is 1. The minimum absolute atomic E-state index is 0.0198. The van der Waals surface area contributed by atoms with E-state index < -0.39 is 0 Å². The van der Waals surface area contributed by atoms with E-state index in [1.165, 1.54) is 12.5 Å². The number of allylic oxidation sites excluding steroid dienone is 1. The van der Waals surface area contributed by atoms with E-state index in [9.17, 15) is 9.18 Å². The van der Waals surface area contributed by atoms with Crippen LogP contribution in [-0.2, 0) is 11.2 Å². The molecule has 0 bridgehead atoms. The van der Waals surface area contributed by atoms with Gasteiger partial charge in [0.2, 0.25) is 5.95 Å². The molecule has 0 saturated carbocycles. The monoisotopic (exact) mass is 547 g/mol. The molecule has 3 heterocycles. The second-order valence-electron chi connectivity index (χ2n) is 9.98. The maximum absolute atomic E-state index is 14.7. The van der Waals surface area contributed by atoms with E-state index >= 15 is 0 Å². The molecule has 8 nitrogen and oxygen atoms in total. The number of nitrogens with one attached hydrogen (secondary N) is 2. The van der Waals surface area contributed by atoms with Gasteiger partial charge in [-0.3, -0.25) is 9.89 Å². The standard InChI is InChI=1S/C29H31ClFN7O/c1-37(2)13-7-10-22(39)17-19-8-6-9-20(16-19)26-25-27(30)35-36-28(25)34-29(33-26)32-21-11-12-23(31)24(18-21)38-14-4-3-5-15-38/h6-12,16,18H,3-5,13-15,17H2,1-2H3,(H2,32,33,34,35,36)/b10-7+. The molecule has 1 aliphatic heterocycles. The summed E-state index contributed by atoms with van der Waals surface area (Å²) in [4.78, 5) is 25.9. The van der Waals surface area contributed by atoms with Crippen LogP contribution in [-0.4, -0.2) is 64.6 Å². The Balaban J connectivity index is 1.44. The number of ketones is 1. The quantitative estimate of drug-likeness (QED) is 0.257. The SMILES string of the molecule is CN(C)C/C=C/C(=O)Cc1cccc(-c2nc(Nc3ccc(F)c(N4CCCCC4)c3)nc3n[nH]c(Cl)c23)c1. The van der Waals surface area contributed by atoms with Crippen LogP contribution in [0, 0.1) is 5.82 Å². The first-order valence-corrected chi connectivity index (χ1v) is 13.4. The minimum Gasteiger partial charge on any atom is -0.369 e. The van der Waals surface area contributed by atoms with Gasteiger partial charge >= 0.3 is 0 Å². The molecule has 5 rings (SSSR count). The van der Waals surface area contributed by atoms with E-state index in [1.807, 2.05) is 49.3 Å². The number of nitrogens with zero attached hydrogens (tertiary/aromatic N) is 5. The molecule has 0 aliphatic carbocycles. The zero-order chi connectivity index (χ0) is 27.4. The lowest BCUT2D eigenvalue weighted by Crippen LogP contribution is -2.30. The second kappa shape index (κ2) is 11.9. The van der Waals surface area contributed by atoms with Crippen molar-refractivity contribution < 1.29 is 9.18 Å². The minimum atomic E-state index is -0.249. The van der Waals surface area contributed by atoms with Gasteiger partial charge in [-0.25, -0.2) is 9.37 Å². The molecule has 0 spiro atoms. The van der Waals surface area contributed by atoms with Crippen molar-refractivity contribution in [2.45, 2.75) is 25.7 Å². The number of aromatic amines is 1. The molecule has 0 atom stereocenters. The lowest BCUT2D eigenvalue weighted by molar-refractivity contribution is -0.114. The third-order valence-electron chi connectivity index (χ3n) is 6.62. The fraction of sp³-hybridized carbons (Fsp3) is 0.310. The molecule has 39 heavy (non-hydrogen) atoms. The van der Waals surface area contributed by atoms with Crippen LogP contribution in [0.1, 0.15) is 24.8 Å². The van der Waals surface area contributed by atoms with Crippen LogP contribution in [0.25, 0.3) is 22.3 Å². The molecule has 0 radical (unpaired) electrons. The van der Waals surface area contributed by atoms with Gasteiger partial charge in [0.25, 0.3) is 0 Å². The lowest BCUT2D eigenvalue weighted by atomic mass is 10.0. The van der Waals surface area contributed by atoms with Crippen LogP contribution in [0.2, 0.25) is 5.15 Å². The molecule has 0 unspecified atom stereocenters. The van der Waals surface area contributed by atoms with Crippen LogP contribution in [0.5, 0.6) is 0 Å². The van der Waals surface area contributed by atoms with Crippen LogP contribution in [0.4, 0.5) is 21.7 Å². The first-order chi connectivity index (χ1) is 18.9. The number of hydrogen-bond acceptors (Lipinski definition) is 7. The van der Waals surface area contributed by atoms with Crippen molar-refractivity contribution >= 4 is 45.7 Å². The maximum atomic E-state index is 14.7. The summed E-state index contributed by atoms with van der Waals surface area (Å²) in [5.74, 6) is 0.0813. The Morgan fingerprint density at radius 2 is 1.97 bits per heavy atom. The molecule has 10 heteroatoms. The average Bonchev–Trinajstić information content (AvgIpc) is 3.30. The normalized spacial score (nSPS) is 14.0. The van der Waals surface area contributed by atoms with Crippen LogP contribution >= 0.6 is 11.6 Å². The number of carbonyl (C=O) groups excluding carboxylic acids is 1. The molecule has 2 aromatic heterocycles. The molecule has 2 N–H and O–H groups in total. The van der Waals surface area contributed by atoms with Crippen LogP contribution < -0.4 is 10.2 Å². The van der Waals surface area contributed by atoms with Crippen molar-refractivity contribution in [3.05, 3.63) is 71.2 Å². The van der Waals surface area contributed by atoms with Crippen molar-refractivity contribution in [1.29, 1.82) is 0 Å². The number of rotatable bonds is 9. The van der Waals surface area contributed by atoms with Gasteiger partial charge in [-0.15, -0.1) is 0 Å². The van der Waals surface area contributed by atoms with E-state index in [1.54, 1.807) is 18.2 Å². The summed E-state index contributed by atoms with van der Waals surface area (Å²) in [6.45, 7) is 2.37. The number of carbonyl (C=O) groups is 1. The highest BCUT2D eigenvalue weighted by molar-refractivity contribution is 6.35. The Morgan fingerprint density at radius 1 is 1.15 bits per heavy atom. The van der Waals surface area contributed by atoms with Crippen molar-refractivity contribution in [3.8, 4) is 11.3 Å². The summed E-state index contributed by atoms with van der Waals surface area (Å²) >= 11 is 6.44. The number of piperidine rings is 1. The van der Waals surface area contributed by atoms with Crippen molar-refractivity contribution in [2.24, 2.45) is 0 Å². The Morgan fingerprint density at radius 3 is 2.77 bits per heavy atom. The molecule has 1 saturated heterocycles. The molecule has 202 valence electrons. The highest BCUT2D eigenvalue weighted by Gasteiger charge is 2.18. The van der Waals surface area contributed by atoms with E-state index in [2.05, 4.69) is 25.4 Å². The highest BCUT2D eigenvalue weighted by Crippen LogP contribution is 2.33. The number of halogens is 2. The average molecular weight is 548 g/mol. The van der Waals surface area contributed by atoms with Crippen molar-refractivity contribution in [3.63, 3.8) is 0 Å². The van der Waals surface area contributed by atoms with Gasteiger partial charge in [0.05, 0.1) is 16.8 Å². The Hall–Kier alpha value is -3.82. The fourth-order valence-electron chi connectivity index (χ4n) is 4.73. The summed E-state index contributed by atoms with van der Waals surface area (Å²) in [6, 6.07) is 12.6. The Labute approximate surface area is 231 Å². The second-order valence-corrected chi connectivity index (χ2v) is 10.4. The third-order valence-corrected chi connectivity index (χ3v) is 6.89. The molecule has 4 aromatic rings. The molecule has 0 amide bonds. The van der Waals surface area contributed by atoms with E-state index in [0.717, 1.165) is 37.1 Å². The number of anilines is 3. The third kappa shape index (κ3) is 6.43. The molecule has 1 fully saturated rings. The van der Waals surface area contributed by atoms with Gasteiger partial charge in [0.15, 0.2) is 11.4 Å². The molecular formula is C29H31ClFN7O. The molecular weight excluding hydrogens is 517 g/mol. The zero-order valence-electron chi connectivity index (χ0n) is 22.0. The van der Waals surface area contributed by atoms with Gasteiger partial charge < -0.3 is 15.1 Å². The summed E-state index contributed by atoms with van der Waals surface area (Å²) < 4.78 is 14.7. The largest absolute Gasteiger partial charge is 0.369 e. The first kappa shape index (κ1) is 26.8. The predicted octanol–water partition coefficient (Wildman–Crippen LogP) is 5.78. The maximum Gasteiger partial charge on any atom is 0.229 e.